The maximum atomic E-state index is 11.7. The van der Waals surface area contributed by atoms with Gasteiger partial charge >= 0.3 is 0 Å². The molecule has 0 saturated carbocycles. The first-order chi connectivity index (χ1) is 7.45. The van der Waals surface area contributed by atoms with Gasteiger partial charge in [-0.25, -0.2) is 8.42 Å². The van der Waals surface area contributed by atoms with Crippen molar-refractivity contribution < 1.29 is 8.42 Å². The summed E-state index contributed by atoms with van der Waals surface area (Å²) in [6, 6.07) is 7.75. The molecule has 0 unspecified atom stereocenters. The van der Waals surface area contributed by atoms with Crippen LogP contribution in [0.1, 0.15) is 5.56 Å². The average molecular weight is 236 g/mol. The van der Waals surface area contributed by atoms with E-state index in [4.69, 9.17) is 5.26 Å². The van der Waals surface area contributed by atoms with Gasteiger partial charge in [0.05, 0.1) is 21.9 Å². The molecule has 0 N–H and O–H groups in total. The summed E-state index contributed by atoms with van der Waals surface area (Å²) in [6.45, 7) is 0. The van der Waals surface area contributed by atoms with Gasteiger partial charge in [-0.1, -0.05) is 0 Å². The van der Waals surface area contributed by atoms with Gasteiger partial charge in [0.25, 0.3) is 0 Å². The van der Waals surface area contributed by atoms with Crippen molar-refractivity contribution in [2.75, 3.05) is 14.1 Å². The first-order valence-corrected chi connectivity index (χ1v) is 6.10. The van der Waals surface area contributed by atoms with Gasteiger partial charge in [0.15, 0.2) is 0 Å². The van der Waals surface area contributed by atoms with Crippen LogP contribution in [0.4, 0.5) is 0 Å². The standard InChI is InChI=1S/C11H12N2O2S/c1-13(2)7-8-16(14,15)11-5-3-10(9-12)4-6-11/h3-8H,1-2H3/b8-7+. The van der Waals surface area contributed by atoms with Crippen LogP contribution in [-0.2, 0) is 9.84 Å². The lowest BCUT2D eigenvalue weighted by Crippen LogP contribution is -2.03. The van der Waals surface area contributed by atoms with Gasteiger partial charge in [0.2, 0.25) is 9.84 Å². The van der Waals surface area contributed by atoms with Gasteiger partial charge in [-0.15, -0.1) is 0 Å². The monoisotopic (exact) mass is 236 g/mol. The highest BCUT2D eigenvalue weighted by Crippen LogP contribution is 2.13. The second kappa shape index (κ2) is 4.81. The number of rotatable bonds is 3. The number of nitrogens with zero attached hydrogens (tertiary/aromatic N) is 2. The molecule has 0 fully saturated rings. The van der Waals surface area contributed by atoms with E-state index in [0.717, 1.165) is 5.41 Å². The average Bonchev–Trinajstić information content (AvgIpc) is 2.27. The Labute approximate surface area is 95.3 Å². The molecule has 5 heteroatoms. The summed E-state index contributed by atoms with van der Waals surface area (Å²) in [5.74, 6) is 0. The molecule has 0 saturated heterocycles. The highest BCUT2D eigenvalue weighted by atomic mass is 32.2. The maximum Gasteiger partial charge on any atom is 0.201 e. The Hall–Kier alpha value is -1.80. The van der Waals surface area contributed by atoms with E-state index in [0.29, 0.717) is 5.56 Å². The van der Waals surface area contributed by atoms with Crippen LogP contribution in [-0.4, -0.2) is 27.4 Å². The second-order valence-corrected chi connectivity index (χ2v) is 5.26. The lowest BCUT2D eigenvalue weighted by Gasteiger charge is -2.04. The zero-order valence-corrected chi connectivity index (χ0v) is 9.90. The fourth-order valence-corrected chi connectivity index (χ4v) is 2.08. The summed E-state index contributed by atoms with van der Waals surface area (Å²) in [5, 5.41) is 9.72. The van der Waals surface area contributed by atoms with Gasteiger partial charge in [-0.05, 0) is 24.3 Å². The van der Waals surface area contributed by atoms with Crippen LogP contribution in [0.3, 0.4) is 0 Å². The van der Waals surface area contributed by atoms with Crippen LogP contribution in [0.15, 0.2) is 40.8 Å². The van der Waals surface area contributed by atoms with Gasteiger partial charge in [0, 0.05) is 20.3 Å². The smallest absolute Gasteiger partial charge is 0.201 e. The Morgan fingerprint density at radius 1 is 1.25 bits per heavy atom. The van der Waals surface area contributed by atoms with Crippen molar-refractivity contribution in [3.8, 4) is 6.07 Å². The minimum atomic E-state index is -3.41. The van der Waals surface area contributed by atoms with Crippen molar-refractivity contribution in [3.63, 3.8) is 0 Å². The SMILES string of the molecule is CN(C)/C=C/S(=O)(=O)c1ccc(C#N)cc1. The number of sulfone groups is 1. The molecule has 0 aliphatic rings. The Morgan fingerprint density at radius 3 is 2.25 bits per heavy atom. The third-order valence-electron chi connectivity index (χ3n) is 1.85. The van der Waals surface area contributed by atoms with Crippen LogP contribution in [0.25, 0.3) is 0 Å². The zero-order valence-electron chi connectivity index (χ0n) is 9.08. The molecule has 0 radical (unpaired) electrons. The Balaban J connectivity index is 3.05. The second-order valence-electron chi connectivity index (χ2n) is 3.43. The Kier molecular flexibility index (Phi) is 3.69. The third-order valence-corrected chi connectivity index (χ3v) is 3.26. The molecule has 0 heterocycles. The minimum Gasteiger partial charge on any atom is -0.383 e. The van der Waals surface area contributed by atoms with Gasteiger partial charge in [-0.2, -0.15) is 5.26 Å². The summed E-state index contributed by atoms with van der Waals surface area (Å²) >= 11 is 0. The van der Waals surface area contributed by atoms with E-state index in [1.54, 1.807) is 19.0 Å². The molecule has 0 aromatic heterocycles. The molecule has 1 rings (SSSR count). The topological polar surface area (TPSA) is 61.2 Å². The third kappa shape index (κ3) is 3.11. The summed E-state index contributed by atoms with van der Waals surface area (Å²) < 4.78 is 23.5. The van der Waals surface area contributed by atoms with Crippen molar-refractivity contribution >= 4 is 9.84 Å². The van der Waals surface area contributed by atoms with Crippen LogP contribution >= 0.6 is 0 Å². The first kappa shape index (κ1) is 12.3. The number of nitriles is 1. The van der Waals surface area contributed by atoms with Crippen LogP contribution < -0.4 is 0 Å². The molecule has 0 atom stereocenters. The van der Waals surface area contributed by atoms with E-state index in [-0.39, 0.29) is 4.90 Å². The largest absolute Gasteiger partial charge is 0.383 e. The van der Waals surface area contributed by atoms with Crippen LogP contribution in [0, 0.1) is 11.3 Å². The molecular formula is C11H12N2O2S. The van der Waals surface area contributed by atoms with E-state index in [1.165, 1.54) is 30.5 Å². The number of benzene rings is 1. The molecule has 16 heavy (non-hydrogen) atoms. The summed E-state index contributed by atoms with van der Waals surface area (Å²) in [4.78, 5) is 1.82. The van der Waals surface area contributed by atoms with Crippen molar-refractivity contribution in [2.24, 2.45) is 0 Å². The van der Waals surface area contributed by atoms with Crippen molar-refractivity contribution in [1.82, 2.24) is 4.90 Å². The molecular weight excluding hydrogens is 224 g/mol. The normalized spacial score (nSPS) is 11.3. The molecule has 0 bridgehead atoms. The Bertz CT molecular complexity index is 522. The molecule has 1 aromatic carbocycles. The van der Waals surface area contributed by atoms with E-state index in [2.05, 4.69) is 0 Å². The molecule has 0 aliphatic heterocycles. The van der Waals surface area contributed by atoms with Crippen molar-refractivity contribution in [2.45, 2.75) is 4.90 Å². The first-order valence-electron chi connectivity index (χ1n) is 4.55. The molecule has 1 aromatic rings. The minimum absolute atomic E-state index is 0.185. The van der Waals surface area contributed by atoms with Gasteiger partial charge in [0.1, 0.15) is 0 Å². The molecule has 0 aliphatic carbocycles. The predicted octanol–water partition coefficient (Wildman–Crippen LogP) is 1.36. The summed E-state index contributed by atoms with van der Waals surface area (Å²) in [6.07, 6.45) is 1.47. The predicted molar refractivity (Wildman–Crippen MR) is 61.2 cm³/mol. The quantitative estimate of drug-likeness (QED) is 0.795. The molecule has 0 spiro atoms. The number of hydrogen-bond donors (Lipinski definition) is 0. The lowest BCUT2D eigenvalue weighted by atomic mass is 10.2. The molecule has 4 nitrogen and oxygen atoms in total. The zero-order chi connectivity index (χ0) is 12.2. The molecule has 0 amide bonds. The van der Waals surface area contributed by atoms with Gasteiger partial charge < -0.3 is 4.90 Å². The Morgan fingerprint density at radius 2 is 1.81 bits per heavy atom. The van der Waals surface area contributed by atoms with Gasteiger partial charge in [-0.3, -0.25) is 0 Å². The summed E-state index contributed by atoms with van der Waals surface area (Å²) in [5.41, 5.74) is 0.440. The van der Waals surface area contributed by atoms with E-state index >= 15 is 0 Å². The maximum absolute atomic E-state index is 11.7. The highest BCUT2D eigenvalue weighted by Gasteiger charge is 2.09. The van der Waals surface area contributed by atoms with Crippen molar-refractivity contribution in [3.05, 3.63) is 41.4 Å². The van der Waals surface area contributed by atoms with E-state index in [1.807, 2.05) is 6.07 Å². The van der Waals surface area contributed by atoms with Crippen LogP contribution in [0.5, 0.6) is 0 Å². The fraction of sp³-hybridized carbons (Fsp3) is 0.182. The van der Waals surface area contributed by atoms with Crippen LogP contribution in [0.2, 0.25) is 0 Å². The lowest BCUT2D eigenvalue weighted by molar-refractivity contribution is 0.562. The molecule has 84 valence electrons. The van der Waals surface area contributed by atoms with E-state index in [9.17, 15) is 8.42 Å². The summed E-state index contributed by atoms with van der Waals surface area (Å²) in [7, 11) is 0.0698. The fourth-order valence-electron chi connectivity index (χ4n) is 1.000. The van der Waals surface area contributed by atoms with Crippen molar-refractivity contribution in [1.29, 1.82) is 5.26 Å². The van der Waals surface area contributed by atoms with E-state index < -0.39 is 9.84 Å². The highest BCUT2D eigenvalue weighted by molar-refractivity contribution is 7.94. The number of hydrogen-bond acceptors (Lipinski definition) is 4.